The molecule has 3 rings (SSSR count). The number of esters is 1. The van der Waals surface area contributed by atoms with E-state index in [4.69, 9.17) is 13.9 Å². The van der Waals surface area contributed by atoms with Crippen LogP contribution in [-0.2, 0) is 19.1 Å². The van der Waals surface area contributed by atoms with E-state index in [-0.39, 0.29) is 18.4 Å². The molecule has 36 heavy (non-hydrogen) atoms. The van der Waals surface area contributed by atoms with Crippen LogP contribution in [0.3, 0.4) is 0 Å². The van der Waals surface area contributed by atoms with Crippen molar-refractivity contribution in [3.05, 3.63) is 54.0 Å². The van der Waals surface area contributed by atoms with Gasteiger partial charge in [0.15, 0.2) is 5.76 Å². The highest BCUT2D eigenvalue weighted by molar-refractivity contribution is 5.96. The van der Waals surface area contributed by atoms with E-state index in [1.165, 1.54) is 12.3 Å². The van der Waals surface area contributed by atoms with Gasteiger partial charge in [-0.05, 0) is 44.9 Å². The standard InChI is InChI=1S/C26H33N3O7/c1-3-34-20-13-8-7-12-19(20)24(26(33)28-18-10-5-6-11-18)29(17-23(31)35-4-2)22(30)16-27-25(32)21-14-9-15-36-21/h7-9,12-15,18,24H,3-6,10-11,16-17H2,1-2H3,(H,27,32)(H,28,33)/t24-/m1/s1. The van der Waals surface area contributed by atoms with Gasteiger partial charge in [-0.3, -0.25) is 19.2 Å². The van der Waals surface area contributed by atoms with Crippen LogP contribution in [0.5, 0.6) is 5.75 Å². The summed E-state index contributed by atoms with van der Waals surface area (Å²) < 4.78 is 15.9. The van der Waals surface area contributed by atoms with Gasteiger partial charge in [0, 0.05) is 11.6 Å². The maximum Gasteiger partial charge on any atom is 0.325 e. The number of carbonyl (C=O) groups excluding carboxylic acids is 4. The molecule has 2 N–H and O–H groups in total. The van der Waals surface area contributed by atoms with Gasteiger partial charge in [0.1, 0.15) is 18.3 Å². The Balaban J connectivity index is 1.93. The SMILES string of the molecule is CCOC(=O)CN(C(=O)CNC(=O)c1ccco1)[C@@H](C(=O)NC1CCCC1)c1ccccc1OCC. The molecule has 0 radical (unpaired) electrons. The summed E-state index contributed by atoms with van der Waals surface area (Å²) in [7, 11) is 0. The number of nitrogens with zero attached hydrogens (tertiary/aromatic N) is 1. The van der Waals surface area contributed by atoms with E-state index in [1.807, 2.05) is 6.92 Å². The monoisotopic (exact) mass is 499 g/mol. The van der Waals surface area contributed by atoms with E-state index in [0.717, 1.165) is 30.6 Å². The van der Waals surface area contributed by atoms with Crippen LogP contribution in [0.25, 0.3) is 0 Å². The molecule has 1 atom stereocenters. The van der Waals surface area contributed by atoms with Crippen molar-refractivity contribution >= 4 is 23.7 Å². The zero-order valence-corrected chi connectivity index (χ0v) is 20.7. The second kappa shape index (κ2) is 13.3. The van der Waals surface area contributed by atoms with Crippen molar-refractivity contribution in [2.24, 2.45) is 0 Å². The molecule has 10 nitrogen and oxygen atoms in total. The van der Waals surface area contributed by atoms with Crippen LogP contribution in [-0.4, -0.2) is 60.9 Å². The molecule has 2 aromatic rings. The minimum absolute atomic E-state index is 0.0162. The molecule has 1 aromatic heterocycles. The van der Waals surface area contributed by atoms with Crippen LogP contribution in [0.2, 0.25) is 0 Å². The van der Waals surface area contributed by atoms with Crippen molar-refractivity contribution < 1.29 is 33.1 Å². The average molecular weight is 500 g/mol. The van der Waals surface area contributed by atoms with Crippen LogP contribution in [0, 0.1) is 0 Å². The maximum atomic E-state index is 13.7. The largest absolute Gasteiger partial charge is 0.494 e. The Bertz CT molecular complexity index is 1030. The zero-order valence-electron chi connectivity index (χ0n) is 20.7. The third kappa shape index (κ3) is 7.10. The number of para-hydroxylation sites is 1. The number of nitrogens with one attached hydrogen (secondary N) is 2. The summed E-state index contributed by atoms with van der Waals surface area (Å²) in [4.78, 5) is 53.1. The lowest BCUT2D eigenvalue weighted by Gasteiger charge is -2.32. The second-order valence-corrected chi connectivity index (χ2v) is 8.35. The fourth-order valence-electron chi connectivity index (χ4n) is 4.22. The van der Waals surface area contributed by atoms with Gasteiger partial charge in [-0.2, -0.15) is 0 Å². The van der Waals surface area contributed by atoms with Gasteiger partial charge < -0.3 is 29.4 Å². The number of hydrogen-bond donors (Lipinski definition) is 2. The lowest BCUT2D eigenvalue weighted by molar-refractivity contribution is -0.152. The maximum absolute atomic E-state index is 13.7. The summed E-state index contributed by atoms with van der Waals surface area (Å²) in [6, 6.07) is 8.73. The number of benzene rings is 1. The van der Waals surface area contributed by atoms with Gasteiger partial charge in [0.25, 0.3) is 5.91 Å². The van der Waals surface area contributed by atoms with Crippen molar-refractivity contribution in [1.29, 1.82) is 0 Å². The fraction of sp³-hybridized carbons (Fsp3) is 0.462. The van der Waals surface area contributed by atoms with E-state index in [0.29, 0.717) is 17.9 Å². The summed E-state index contributed by atoms with van der Waals surface area (Å²) in [5.41, 5.74) is 0.435. The summed E-state index contributed by atoms with van der Waals surface area (Å²) in [5, 5.41) is 5.52. The molecular formula is C26H33N3O7. The fourth-order valence-corrected chi connectivity index (χ4v) is 4.22. The predicted molar refractivity (Wildman–Crippen MR) is 130 cm³/mol. The Hall–Kier alpha value is -3.82. The molecule has 1 aliphatic rings. The molecule has 194 valence electrons. The first-order chi connectivity index (χ1) is 17.4. The first-order valence-corrected chi connectivity index (χ1v) is 12.2. The van der Waals surface area contributed by atoms with E-state index in [9.17, 15) is 19.2 Å². The van der Waals surface area contributed by atoms with E-state index >= 15 is 0 Å². The molecule has 1 aromatic carbocycles. The van der Waals surface area contributed by atoms with Crippen molar-refractivity contribution in [3.8, 4) is 5.75 Å². The van der Waals surface area contributed by atoms with Crippen LogP contribution in [0.4, 0.5) is 0 Å². The Kier molecular flexibility index (Phi) is 9.91. The molecule has 1 fully saturated rings. The quantitative estimate of drug-likeness (QED) is 0.430. The molecule has 0 spiro atoms. The normalized spacial score (nSPS) is 14.1. The molecule has 1 saturated carbocycles. The van der Waals surface area contributed by atoms with Gasteiger partial charge in [0.05, 0.1) is 26.0 Å². The van der Waals surface area contributed by atoms with Gasteiger partial charge in [-0.1, -0.05) is 31.0 Å². The van der Waals surface area contributed by atoms with Crippen LogP contribution in [0.15, 0.2) is 47.1 Å². The Morgan fingerprint density at radius 1 is 1.06 bits per heavy atom. The molecule has 1 heterocycles. The van der Waals surface area contributed by atoms with Crippen molar-refractivity contribution in [2.75, 3.05) is 26.3 Å². The lowest BCUT2D eigenvalue weighted by Crippen LogP contribution is -2.50. The van der Waals surface area contributed by atoms with Crippen LogP contribution >= 0.6 is 0 Å². The van der Waals surface area contributed by atoms with Crippen molar-refractivity contribution in [2.45, 2.75) is 51.6 Å². The number of carbonyl (C=O) groups is 4. The number of rotatable bonds is 12. The number of amides is 3. The number of ether oxygens (including phenoxy) is 2. The molecule has 0 aliphatic heterocycles. The second-order valence-electron chi connectivity index (χ2n) is 8.35. The van der Waals surface area contributed by atoms with Gasteiger partial charge in [-0.15, -0.1) is 0 Å². The highest BCUT2D eigenvalue weighted by Crippen LogP contribution is 2.31. The highest BCUT2D eigenvalue weighted by atomic mass is 16.5. The minimum Gasteiger partial charge on any atom is -0.494 e. The van der Waals surface area contributed by atoms with Gasteiger partial charge >= 0.3 is 5.97 Å². The summed E-state index contributed by atoms with van der Waals surface area (Å²) in [6.07, 6.45) is 5.05. The van der Waals surface area contributed by atoms with E-state index in [2.05, 4.69) is 10.6 Å². The summed E-state index contributed by atoms with van der Waals surface area (Å²) in [6.45, 7) is 3.00. The first-order valence-electron chi connectivity index (χ1n) is 12.2. The molecule has 0 bridgehead atoms. The van der Waals surface area contributed by atoms with Crippen molar-refractivity contribution in [3.63, 3.8) is 0 Å². The predicted octanol–water partition coefficient (Wildman–Crippen LogP) is 2.60. The van der Waals surface area contributed by atoms with Crippen LogP contribution in [0.1, 0.15) is 61.7 Å². The van der Waals surface area contributed by atoms with E-state index in [1.54, 1.807) is 37.3 Å². The Morgan fingerprint density at radius 3 is 2.47 bits per heavy atom. The van der Waals surface area contributed by atoms with Gasteiger partial charge in [-0.25, -0.2) is 0 Å². The first kappa shape index (κ1) is 26.8. The topological polar surface area (TPSA) is 127 Å². The highest BCUT2D eigenvalue weighted by Gasteiger charge is 2.36. The third-order valence-corrected chi connectivity index (χ3v) is 5.85. The number of furan rings is 1. The number of hydrogen-bond acceptors (Lipinski definition) is 7. The molecule has 1 aliphatic carbocycles. The average Bonchev–Trinajstić information content (AvgIpc) is 3.58. The Labute approximate surface area is 210 Å². The molecule has 10 heteroatoms. The molecule has 3 amide bonds. The third-order valence-electron chi connectivity index (χ3n) is 5.85. The van der Waals surface area contributed by atoms with Crippen molar-refractivity contribution in [1.82, 2.24) is 15.5 Å². The van der Waals surface area contributed by atoms with Gasteiger partial charge in [0.2, 0.25) is 11.8 Å². The zero-order chi connectivity index (χ0) is 25.9. The Morgan fingerprint density at radius 2 is 1.81 bits per heavy atom. The summed E-state index contributed by atoms with van der Waals surface area (Å²) >= 11 is 0. The molecular weight excluding hydrogens is 466 g/mol. The lowest BCUT2D eigenvalue weighted by atomic mass is 10.0. The molecule has 0 saturated heterocycles. The van der Waals surface area contributed by atoms with Crippen LogP contribution < -0.4 is 15.4 Å². The molecule has 0 unspecified atom stereocenters. The smallest absolute Gasteiger partial charge is 0.325 e. The van der Waals surface area contributed by atoms with E-state index < -0.39 is 42.8 Å². The minimum atomic E-state index is -1.18. The summed E-state index contributed by atoms with van der Waals surface area (Å²) in [5.74, 6) is -1.86.